The monoisotopic (exact) mass is 345 g/mol. The lowest BCUT2D eigenvalue weighted by Gasteiger charge is -2.08. The van der Waals surface area contributed by atoms with Crippen molar-refractivity contribution in [2.24, 2.45) is 0 Å². The van der Waals surface area contributed by atoms with E-state index in [1.165, 1.54) is 16.9 Å². The fourth-order valence-electron chi connectivity index (χ4n) is 1.93. The number of aryl methyl sites for hydroxylation is 1. The average molecular weight is 345 g/mol. The highest BCUT2D eigenvalue weighted by molar-refractivity contribution is 7.12. The molecule has 2 rings (SSSR count). The largest absolute Gasteiger partial charge is 0.345 e. The summed E-state index contributed by atoms with van der Waals surface area (Å²) in [5, 5.41) is 9.44. The molecule has 0 saturated carbocycles. The maximum atomic E-state index is 11.8. The minimum atomic E-state index is -0.420. The van der Waals surface area contributed by atoms with Crippen LogP contribution in [0.1, 0.15) is 22.2 Å². The van der Waals surface area contributed by atoms with E-state index >= 15 is 0 Å². The molecule has 0 atom stereocenters. The molecule has 0 aliphatic carbocycles. The van der Waals surface area contributed by atoms with Crippen molar-refractivity contribution in [3.05, 3.63) is 52.2 Å². The van der Waals surface area contributed by atoms with Crippen molar-refractivity contribution in [2.75, 3.05) is 18.4 Å². The van der Waals surface area contributed by atoms with Gasteiger partial charge in [-0.15, -0.1) is 11.3 Å². The molecule has 3 N–H and O–H groups in total. The van der Waals surface area contributed by atoms with Crippen molar-refractivity contribution in [1.29, 1.82) is 0 Å². The van der Waals surface area contributed by atoms with Crippen LogP contribution in [0.25, 0.3) is 0 Å². The predicted molar refractivity (Wildman–Crippen MR) is 94.1 cm³/mol. The first kappa shape index (κ1) is 17.7. The molecular weight excluding hydrogens is 326 g/mol. The molecule has 0 radical (unpaired) electrons. The van der Waals surface area contributed by atoms with Gasteiger partial charge in [0.25, 0.3) is 5.91 Å². The van der Waals surface area contributed by atoms with Gasteiger partial charge in [0.2, 0.25) is 11.8 Å². The number of hydrogen-bond donors (Lipinski definition) is 3. The third-order valence-corrected chi connectivity index (χ3v) is 4.12. The molecule has 6 nitrogen and oxygen atoms in total. The molecule has 0 spiro atoms. The Hall–Kier alpha value is -2.67. The molecule has 7 heteroatoms. The molecular formula is C17H19N3O3S. The fraction of sp³-hybridized carbons (Fsp3) is 0.235. The molecule has 1 aromatic heterocycles. The molecule has 0 fully saturated rings. The van der Waals surface area contributed by atoms with Gasteiger partial charge >= 0.3 is 0 Å². The summed E-state index contributed by atoms with van der Waals surface area (Å²) in [5.41, 5.74) is 1.86. The van der Waals surface area contributed by atoms with Gasteiger partial charge in [-0.05, 0) is 35.6 Å². The smallest absolute Gasteiger partial charge is 0.261 e. The van der Waals surface area contributed by atoms with Crippen molar-refractivity contribution in [2.45, 2.75) is 13.3 Å². The molecule has 0 aliphatic heterocycles. The standard InChI is InChI=1S/C17H19N3O3S/c1-2-12-5-7-13(8-6-12)20-16(22)11-18-15(21)10-19-17(23)14-4-3-9-24-14/h3-9H,2,10-11H2,1H3,(H,18,21)(H,19,23)(H,20,22). The molecule has 126 valence electrons. The molecule has 0 bridgehead atoms. The zero-order chi connectivity index (χ0) is 17.4. The van der Waals surface area contributed by atoms with Crippen LogP contribution in [-0.2, 0) is 16.0 Å². The fourth-order valence-corrected chi connectivity index (χ4v) is 2.57. The molecule has 0 unspecified atom stereocenters. The Morgan fingerprint density at radius 3 is 2.29 bits per heavy atom. The van der Waals surface area contributed by atoms with E-state index in [0.717, 1.165) is 6.42 Å². The Bertz CT molecular complexity index is 696. The van der Waals surface area contributed by atoms with E-state index in [1.807, 2.05) is 24.3 Å². The molecule has 2 aromatic rings. The van der Waals surface area contributed by atoms with Crippen molar-refractivity contribution in [1.82, 2.24) is 10.6 Å². The number of benzene rings is 1. The number of nitrogens with one attached hydrogen (secondary N) is 3. The van der Waals surface area contributed by atoms with Gasteiger partial charge in [-0.25, -0.2) is 0 Å². The van der Waals surface area contributed by atoms with Gasteiger partial charge in [0.15, 0.2) is 0 Å². The molecule has 1 heterocycles. The minimum absolute atomic E-state index is 0.150. The summed E-state index contributed by atoms with van der Waals surface area (Å²) in [7, 11) is 0. The quantitative estimate of drug-likeness (QED) is 0.715. The zero-order valence-corrected chi connectivity index (χ0v) is 14.1. The SMILES string of the molecule is CCc1ccc(NC(=O)CNC(=O)CNC(=O)c2cccs2)cc1. The highest BCUT2D eigenvalue weighted by Gasteiger charge is 2.10. The van der Waals surface area contributed by atoms with Gasteiger partial charge in [0.05, 0.1) is 18.0 Å². The Morgan fingerprint density at radius 1 is 0.958 bits per heavy atom. The van der Waals surface area contributed by atoms with Gasteiger partial charge in [0.1, 0.15) is 0 Å². The van der Waals surface area contributed by atoms with Crippen molar-refractivity contribution < 1.29 is 14.4 Å². The lowest BCUT2D eigenvalue weighted by Crippen LogP contribution is -2.40. The maximum absolute atomic E-state index is 11.8. The third-order valence-electron chi connectivity index (χ3n) is 3.25. The summed E-state index contributed by atoms with van der Waals surface area (Å²) in [6.07, 6.45) is 0.932. The van der Waals surface area contributed by atoms with E-state index < -0.39 is 5.91 Å². The van der Waals surface area contributed by atoms with Crippen LogP contribution in [0, 0.1) is 0 Å². The van der Waals surface area contributed by atoms with Crippen LogP contribution in [0.4, 0.5) is 5.69 Å². The average Bonchev–Trinajstić information content (AvgIpc) is 3.13. The predicted octanol–water partition coefficient (Wildman–Crippen LogP) is 1.80. The number of hydrogen-bond acceptors (Lipinski definition) is 4. The van der Waals surface area contributed by atoms with Crippen molar-refractivity contribution in [3.8, 4) is 0 Å². The van der Waals surface area contributed by atoms with Gasteiger partial charge < -0.3 is 16.0 Å². The Kier molecular flexibility index (Phi) is 6.51. The number of carbonyl (C=O) groups is 3. The van der Waals surface area contributed by atoms with Gasteiger partial charge in [-0.1, -0.05) is 25.1 Å². The van der Waals surface area contributed by atoms with Crippen molar-refractivity contribution in [3.63, 3.8) is 0 Å². The van der Waals surface area contributed by atoms with Crippen LogP contribution in [0.3, 0.4) is 0 Å². The van der Waals surface area contributed by atoms with E-state index in [1.54, 1.807) is 17.5 Å². The number of rotatable bonds is 7. The summed E-state index contributed by atoms with van der Waals surface area (Å²) in [6, 6.07) is 11.0. The Labute approximate surface area is 144 Å². The molecule has 0 saturated heterocycles. The summed E-state index contributed by atoms with van der Waals surface area (Å²) in [6.45, 7) is 1.73. The number of amides is 3. The summed E-state index contributed by atoms with van der Waals surface area (Å²) >= 11 is 1.30. The third kappa shape index (κ3) is 5.51. The first-order valence-corrected chi connectivity index (χ1v) is 8.43. The first-order chi connectivity index (χ1) is 11.6. The first-order valence-electron chi connectivity index (χ1n) is 7.55. The van der Waals surface area contributed by atoms with Crippen LogP contribution in [-0.4, -0.2) is 30.8 Å². The molecule has 0 aliphatic rings. The Balaban J connectivity index is 1.68. The topological polar surface area (TPSA) is 87.3 Å². The molecule has 1 aromatic carbocycles. The number of carbonyl (C=O) groups excluding carboxylic acids is 3. The van der Waals surface area contributed by atoms with Crippen LogP contribution in [0.15, 0.2) is 41.8 Å². The summed E-state index contributed by atoms with van der Waals surface area (Å²) < 4.78 is 0. The van der Waals surface area contributed by atoms with Gasteiger partial charge in [0, 0.05) is 5.69 Å². The number of thiophene rings is 1. The molecule has 24 heavy (non-hydrogen) atoms. The Morgan fingerprint density at radius 2 is 1.67 bits per heavy atom. The van der Waals surface area contributed by atoms with Crippen molar-refractivity contribution >= 4 is 34.7 Å². The minimum Gasteiger partial charge on any atom is -0.345 e. The lowest BCUT2D eigenvalue weighted by molar-refractivity contribution is -0.123. The van der Waals surface area contributed by atoms with Gasteiger partial charge in [-0.3, -0.25) is 14.4 Å². The van der Waals surface area contributed by atoms with E-state index in [4.69, 9.17) is 0 Å². The van der Waals surface area contributed by atoms with E-state index in [2.05, 4.69) is 22.9 Å². The highest BCUT2D eigenvalue weighted by Crippen LogP contribution is 2.09. The van der Waals surface area contributed by atoms with E-state index in [0.29, 0.717) is 10.6 Å². The van der Waals surface area contributed by atoms with Crippen LogP contribution in [0.2, 0.25) is 0 Å². The van der Waals surface area contributed by atoms with Gasteiger partial charge in [-0.2, -0.15) is 0 Å². The van der Waals surface area contributed by atoms with Crippen LogP contribution >= 0.6 is 11.3 Å². The summed E-state index contributed by atoms with van der Waals surface area (Å²) in [4.78, 5) is 35.7. The maximum Gasteiger partial charge on any atom is 0.261 e. The molecule has 3 amide bonds. The van der Waals surface area contributed by atoms with Crippen LogP contribution in [0.5, 0.6) is 0 Å². The van der Waals surface area contributed by atoms with E-state index in [9.17, 15) is 14.4 Å². The second kappa shape index (κ2) is 8.83. The zero-order valence-electron chi connectivity index (χ0n) is 13.3. The highest BCUT2D eigenvalue weighted by atomic mass is 32.1. The van der Waals surface area contributed by atoms with Crippen LogP contribution < -0.4 is 16.0 Å². The lowest BCUT2D eigenvalue weighted by atomic mass is 10.1. The second-order valence-electron chi connectivity index (χ2n) is 5.04. The normalized spacial score (nSPS) is 10.0. The number of anilines is 1. The van der Waals surface area contributed by atoms with E-state index in [-0.39, 0.29) is 24.9 Å². The second-order valence-corrected chi connectivity index (χ2v) is 5.98. The summed E-state index contributed by atoms with van der Waals surface area (Å²) in [5.74, 6) is -1.05.